The molecule has 4 fully saturated rings. The maximum atomic E-state index is 12.0. The van der Waals surface area contributed by atoms with E-state index in [9.17, 15) is 4.79 Å². The van der Waals surface area contributed by atoms with Crippen molar-refractivity contribution in [3.63, 3.8) is 0 Å². The Balaban J connectivity index is 1.26. The number of rotatable bonds is 2. The lowest BCUT2D eigenvalue weighted by atomic mass is 9.48. The van der Waals surface area contributed by atoms with Gasteiger partial charge in [0.05, 0.1) is 11.9 Å². The molecular weight excluding hydrogens is 416 g/mol. The Labute approximate surface area is 195 Å². The predicted octanol–water partition coefficient (Wildman–Crippen LogP) is 3.68. The summed E-state index contributed by atoms with van der Waals surface area (Å²) in [6.07, 6.45) is 11.9. The minimum Gasteiger partial charge on any atom is -0.361 e. The normalized spacial score (nSPS) is 40.5. The molecule has 33 heavy (non-hydrogen) atoms. The number of fused-ring (bicyclic) bond motifs is 6. The largest absolute Gasteiger partial charge is 0.361 e. The summed E-state index contributed by atoms with van der Waals surface area (Å²) in [5.74, 6) is 3.02. The molecule has 7 atom stereocenters. The second kappa shape index (κ2) is 7.39. The van der Waals surface area contributed by atoms with Crippen molar-refractivity contribution in [2.75, 3.05) is 19.0 Å². The fourth-order valence-corrected chi connectivity index (χ4v) is 7.92. The molecule has 2 aromatic heterocycles. The molecule has 8 heteroatoms. The maximum Gasteiger partial charge on any atom is 0.220 e. The standard InChI is InChI=1S/C25H36N6O2/c1-24-11-10-19(32)29-18(24)7-5-15-16(24)9-12-25(2)17(15)6-8-20(33-25)31-14-28-21-22(30(3)4)26-13-27-23(21)31/h13-18,20H,5-12H2,1-4H3,(H,29,32)/t15-,16+,17+,18-,20+,24-,25+/m1/s1. The van der Waals surface area contributed by atoms with Crippen LogP contribution in [0.25, 0.3) is 11.2 Å². The molecule has 2 aromatic rings. The van der Waals surface area contributed by atoms with Gasteiger partial charge in [0.15, 0.2) is 17.0 Å². The van der Waals surface area contributed by atoms with Crippen LogP contribution in [0.1, 0.15) is 71.4 Å². The van der Waals surface area contributed by atoms with Gasteiger partial charge in [-0.15, -0.1) is 0 Å². The summed E-state index contributed by atoms with van der Waals surface area (Å²) in [5, 5.41) is 3.33. The maximum absolute atomic E-state index is 12.0. The van der Waals surface area contributed by atoms with Crippen LogP contribution in [-0.4, -0.2) is 51.2 Å². The third-order valence-electron chi connectivity index (χ3n) is 9.63. The average Bonchev–Trinajstić information content (AvgIpc) is 3.22. The molecule has 0 aromatic carbocycles. The number of amides is 1. The van der Waals surface area contributed by atoms with E-state index in [-0.39, 0.29) is 23.2 Å². The number of piperidine rings is 1. The van der Waals surface area contributed by atoms with Crippen LogP contribution in [0, 0.1) is 23.2 Å². The zero-order valence-corrected chi connectivity index (χ0v) is 20.3. The molecule has 1 amide bonds. The number of carbonyl (C=O) groups is 1. The third kappa shape index (κ3) is 3.12. The van der Waals surface area contributed by atoms with E-state index in [1.165, 1.54) is 19.3 Å². The van der Waals surface area contributed by atoms with E-state index in [0.29, 0.717) is 30.2 Å². The molecule has 2 saturated carbocycles. The first kappa shape index (κ1) is 21.3. The molecule has 0 bridgehead atoms. The first-order valence-electron chi connectivity index (χ1n) is 12.6. The van der Waals surface area contributed by atoms with Crippen molar-refractivity contribution in [3.05, 3.63) is 12.7 Å². The van der Waals surface area contributed by atoms with Crippen molar-refractivity contribution in [1.29, 1.82) is 0 Å². The summed E-state index contributed by atoms with van der Waals surface area (Å²) in [4.78, 5) is 27.6. The van der Waals surface area contributed by atoms with Gasteiger partial charge in [-0.05, 0) is 75.0 Å². The molecule has 0 radical (unpaired) electrons. The van der Waals surface area contributed by atoms with Crippen molar-refractivity contribution < 1.29 is 9.53 Å². The number of ether oxygens (including phenoxy) is 1. The number of hydrogen-bond donors (Lipinski definition) is 1. The Morgan fingerprint density at radius 2 is 1.91 bits per heavy atom. The highest BCUT2D eigenvalue weighted by molar-refractivity contribution is 5.83. The van der Waals surface area contributed by atoms with E-state index in [4.69, 9.17) is 4.74 Å². The topological polar surface area (TPSA) is 85.2 Å². The molecule has 2 aliphatic heterocycles. The molecule has 4 heterocycles. The summed E-state index contributed by atoms with van der Waals surface area (Å²) in [6.45, 7) is 4.79. The first-order valence-corrected chi connectivity index (χ1v) is 12.6. The SMILES string of the molecule is CN(C)c1ncnc2c1ncn2[C@@H]1CC[C@H]2[C@@H]3CC[C@H]4NC(=O)CC[C@]4(C)[C@H]3CC[C@]2(C)O1. The fourth-order valence-electron chi connectivity index (χ4n) is 7.92. The smallest absolute Gasteiger partial charge is 0.220 e. The van der Waals surface area contributed by atoms with E-state index in [1.54, 1.807) is 6.33 Å². The zero-order valence-electron chi connectivity index (χ0n) is 20.3. The van der Waals surface area contributed by atoms with E-state index in [2.05, 4.69) is 38.7 Å². The number of nitrogens with zero attached hydrogens (tertiary/aromatic N) is 5. The highest BCUT2D eigenvalue weighted by Gasteiger charge is 2.59. The summed E-state index contributed by atoms with van der Waals surface area (Å²) in [5.41, 5.74) is 1.78. The van der Waals surface area contributed by atoms with Crippen LogP contribution in [0.4, 0.5) is 5.82 Å². The van der Waals surface area contributed by atoms with Gasteiger partial charge in [-0.25, -0.2) is 15.0 Å². The van der Waals surface area contributed by atoms with Crippen LogP contribution in [0.3, 0.4) is 0 Å². The molecule has 0 spiro atoms. The first-order chi connectivity index (χ1) is 15.8. The van der Waals surface area contributed by atoms with Gasteiger partial charge in [-0.2, -0.15) is 0 Å². The number of carbonyl (C=O) groups excluding carboxylic acids is 1. The number of nitrogens with one attached hydrogen (secondary N) is 1. The van der Waals surface area contributed by atoms with Crippen molar-refractivity contribution >= 4 is 22.9 Å². The minimum atomic E-state index is -0.126. The van der Waals surface area contributed by atoms with E-state index in [1.807, 2.05) is 25.3 Å². The van der Waals surface area contributed by atoms with Gasteiger partial charge in [0.1, 0.15) is 12.6 Å². The van der Waals surface area contributed by atoms with Crippen LogP contribution in [0.5, 0.6) is 0 Å². The number of aromatic nitrogens is 4. The highest BCUT2D eigenvalue weighted by atomic mass is 16.5. The number of hydrogen-bond acceptors (Lipinski definition) is 6. The molecule has 0 unspecified atom stereocenters. The summed E-state index contributed by atoms with van der Waals surface area (Å²) < 4.78 is 9.06. The average molecular weight is 453 g/mol. The lowest BCUT2D eigenvalue weighted by Crippen LogP contribution is -2.63. The summed E-state index contributed by atoms with van der Waals surface area (Å²) in [6, 6.07) is 0.351. The predicted molar refractivity (Wildman–Crippen MR) is 126 cm³/mol. The molecule has 8 nitrogen and oxygen atoms in total. The molecule has 4 aliphatic rings. The van der Waals surface area contributed by atoms with Crippen molar-refractivity contribution in [3.8, 4) is 0 Å². The minimum absolute atomic E-state index is 0.0430. The number of imidazole rings is 1. The van der Waals surface area contributed by atoms with Crippen molar-refractivity contribution in [1.82, 2.24) is 24.8 Å². The number of anilines is 1. The van der Waals surface area contributed by atoms with Gasteiger partial charge in [0, 0.05) is 26.6 Å². The lowest BCUT2D eigenvalue weighted by Gasteiger charge is -2.62. The van der Waals surface area contributed by atoms with Crippen molar-refractivity contribution in [2.24, 2.45) is 23.2 Å². The summed E-state index contributed by atoms with van der Waals surface area (Å²) >= 11 is 0. The highest BCUT2D eigenvalue weighted by Crippen LogP contribution is 2.61. The Morgan fingerprint density at radius 1 is 1.06 bits per heavy atom. The zero-order chi connectivity index (χ0) is 23.0. The fraction of sp³-hybridized carbons (Fsp3) is 0.760. The van der Waals surface area contributed by atoms with Gasteiger partial charge < -0.3 is 15.0 Å². The van der Waals surface area contributed by atoms with Crippen LogP contribution in [-0.2, 0) is 9.53 Å². The van der Waals surface area contributed by atoms with Crippen LogP contribution in [0.2, 0.25) is 0 Å². The molecule has 2 saturated heterocycles. The van der Waals surface area contributed by atoms with Gasteiger partial charge in [0.25, 0.3) is 0 Å². The molecule has 1 N–H and O–H groups in total. The van der Waals surface area contributed by atoms with Gasteiger partial charge in [0.2, 0.25) is 5.91 Å². The lowest BCUT2D eigenvalue weighted by molar-refractivity contribution is -0.231. The van der Waals surface area contributed by atoms with Crippen LogP contribution >= 0.6 is 0 Å². The Hall–Kier alpha value is -2.22. The summed E-state index contributed by atoms with van der Waals surface area (Å²) in [7, 11) is 3.96. The van der Waals surface area contributed by atoms with Crippen molar-refractivity contribution in [2.45, 2.75) is 83.1 Å². The third-order valence-corrected chi connectivity index (χ3v) is 9.63. The Kier molecular flexibility index (Phi) is 4.77. The van der Waals surface area contributed by atoms with E-state index < -0.39 is 0 Å². The van der Waals surface area contributed by atoms with Gasteiger partial charge >= 0.3 is 0 Å². The Bertz CT molecular complexity index is 1080. The van der Waals surface area contributed by atoms with Crippen LogP contribution < -0.4 is 10.2 Å². The van der Waals surface area contributed by atoms with Gasteiger partial charge in [-0.1, -0.05) is 6.92 Å². The monoisotopic (exact) mass is 452 g/mol. The molecule has 178 valence electrons. The van der Waals surface area contributed by atoms with Crippen LogP contribution in [0.15, 0.2) is 12.7 Å². The molecular formula is C25H36N6O2. The second-order valence-corrected chi connectivity index (χ2v) is 11.5. The Morgan fingerprint density at radius 3 is 2.73 bits per heavy atom. The second-order valence-electron chi connectivity index (χ2n) is 11.5. The molecule has 2 aliphatic carbocycles. The quantitative estimate of drug-likeness (QED) is 0.748. The molecule has 6 rings (SSSR count). The van der Waals surface area contributed by atoms with E-state index in [0.717, 1.165) is 42.7 Å². The van der Waals surface area contributed by atoms with Gasteiger partial charge in [-0.3, -0.25) is 9.36 Å². The van der Waals surface area contributed by atoms with E-state index >= 15 is 0 Å².